The molecule has 0 bridgehead atoms. The smallest absolute Gasteiger partial charge is 0.407 e. The molecule has 6 aromatic carbocycles. The normalized spacial score (nSPS) is 20.6. The van der Waals surface area contributed by atoms with Gasteiger partial charge in [0, 0.05) is 79.8 Å². The summed E-state index contributed by atoms with van der Waals surface area (Å²) in [5.41, 5.74) is 9.30. The first-order chi connectivity index (χ1) is 54.8. The van der Waals surface area contributed by atoms with Gasteiger partial charge < -0.3 is 92.3 Å². The van der Waals surface area contributed by atoms with Crippen LogP contribution in [-0.4, -0.2) is 194 Å². The average molecular weight is 1720 g/mol. The van der Waals surface area contributed by atoms with E-state index in [4.69, 9.17) is 106 Å². The number of ether oxygens (including phenoxy) is 15. The summed E-state index contributed by atoms with van der Waals surface area (Å²) in [7, 11) is 0. The third kappa shape index (κ3) is 25.8. The molecule has 6 aromatic rings. The molecule has 35 heteroatoms. The van der Waals surface area contributed by atoms with Gasteiger partial charge in [-0.2, -0.15) is 0 Å². The molecule has 2 heterocycles. The number of rotatable bonds is 29. The van der Waals surface area contributed by atoms with Gasteiger partial charge in [0.15, 0.2) is 49.1 Å². The van der Waals surface area contributed by atoms with Crippen molar-refractivity contribution in [2.45, 2.75) is 177 Å². The second-order valence-corrected chi connectivity index (χ2v) is 29.4. The number of amides is 4. The monoisotopic (exact) mass is 1720 g/mol. The first-order valence-electron chi connectivity index (χ1n) is 36.3. The van der Waals surface area contributed by atoms with Gasteiger partial charge in [-0.05, 0) is 69.5 Å². The van der Waals surface area contributed by atoms with Crippen LogP contribution in [0.3, 0.4) is 0 Å². The molecule has 2 aliphatic heterocycles. The van der Waals surface area contributed by atoms with Crippen LogP contribution in [-0.2, 0) is 147 Å². The molecule has 31 nitrogen and oxygen atoms in total. The summed E-state index contributed by atoms with van der Waals surface area (Å²) in [5.74, 6) is -7.73. The molecule has 14 atom stereocenters. The van der Waals surface area contributed by atoms with Crippen molar-refractivity contribution < 1.29 is 148 Å². The molecule has 616 valence electrons. The van der Waals surface area contributed by atoms with E-state index in [2.05, 4.69) is 21.3 Å². The van der Waals surface area contributed by atoms with E-state index in [1.165, 1.54) is 20.8 Å². The van der Waals surface area contributed by atoms with Crippen LogP contribution >= 0.6 is 34.8 Å². The number of benzene rings is 6. The van der Waals surface area contributed by atoms with Crippen LogP contribution in [0.4, 0.5) is 14.4 Å². The quantitative estimate of drug-likeness (QED) is 0.0147. The Bertz CT molecular complexity index is 4360. The van der Waals surface area contributed by atoms with E-state index in [0.717, 1.165) is 86.1 Å². The van der Waals surface area contributed by atoms with Crippen LogP contribution in [0.2, 0.25) is 0 Å². The maximum absolute atomic E-state index is 13.9. The number of fused-ring (bicyclic) bond motifs is 6. The van der Waals surface area contributed by atoms with Crippen LogP contribution in [0.5, 0.6) is 0 Å². The summed E-state index contributed by atoms with van der Waals surface area (Å²) in [5, 5.41) is 10.1. The van der Waals surface area contributed by atoms with E-state index in [0.29, 0.717) is 11.1 Å². The van der Waals surface area contributed by atoms with Crippen molar-refractivity contribution in [2.75, 3.05) is 33.0 Å². The number of alkyl carbamates (subject to hydrolysis) is 3. The van der Waals surface area contributed by atoms with Gasteiger partial charge in [-0.3, -0.25) is 33.6 Å². The molecule has 0 saturated carbocycles. The van der Waals surface area contributed by atoms with Crippen LogP contribution < -0.4 is 21.3 Å². The fraction of sp³-hybridized carbons (Fsp3) is 0.407. The molecule has 116 heavy (non-hydrogen) atoms. The average Bonchev–Trinajstić information content (AvgIpc) is 1.56. The van der Waals surface area contributed by atoms with Crippen molar-refractivity contribution in [3.8, 4) is 22.3 Å². The van der Waals surface area contributed by atoms with Gasteiger partial charge >= 0.3 is 66.0 Å². The zero-order chi connectivity index (χ0) is 83.2. The fourth-order valence-corrected chi connectivity index (χ4v) is 13.6. The van der Waals surface area contributed by atoms with Crippen molar-refractivity contribution in [3.05, 3.63) is 191 Å². The third-order valence-electron chi connectivity index (χ3n) is 18.3. The SMILES string of the molecule is CC(=O)NC1[C@H](O[C@H](C)[C@H](NC(=O)OCC2c3ccccc3-c3ccccc32)C(=O)OCc2ccccc2)OC(COC(C)=O)[C@@H](OC(C)=O)[C@@H]1OC(C)=O.CC(=O)OCC1O[C@@H](O[C@H](C)[C@@H](NC(=O)OCC2c3ccccc3-c3ccccc32)C(=O)OCc2ccccc2)C(NC(=O)OCC(Cl)(Cl)Cl)[C@@H](OC(C)=O)[C@@H]1OC(C)=O.[Zn]. The first-order valence-corrected chi connectivity index (χ1v) is 37.4. The molecule has 4 aliphatic rings. The summed E-state index contributed by atoms with van der Waals surface area (Å²) in [4.78, 5) is 153. The number of carbonyl (C=O) groups excluding carboxylic acids is 12. The van der Waals surface area contributed by atoms with Gasteiger partial charge in [0.2, 0.25) is 9.70 Å². The number of hydrogen-bond acceptors (Lipinski definition) is 27. The number of carbonyl (C=O) groups is 12. The van der Waals surface area contributed by atoms with Crippen molar-refractivity contribution in [1.29, 1.82) is 0 Å². The molecule has 2 saturated heterocycles. The summed E-state index contributed by atoms with van der Waals surface area (Å²) in [6.07, 6.45) is -17.6. The van der Waals surface area contributed by atoms with Gasteiger partial charge in [-0.25, -0.2) is 24.0 Å². The Labute approximate surface area is 695 Å². The zero-order valence-corrected chi connectivity index (χ0v) is 69.8. The molecule has 0 aromatic heterocycles. The van der Waals surface area contributed by atoms with Gasteiger partial charge in [0.05, 0.1) is 12.2 Å². The molecule has 4 amide bonds. The number of halogens is 3. The van der Waals surface area contributed by atoms with Crippen LogP contribution in [0.15, 0.2) is 158 Å². The predicted octanol–water partition coefficient (Wildman–Crippen LogP) is 9.35. The van der Waals surface area contributed by atoms with E-state index < -0.39 is 181 Å². The minimum absolute atomic E-state index is 0. The van der Waals surface area contributed by atoms with Crippen LogP contribution in [0, 0.1) is 0 Å². The summed E-state index contributed by atoms with van der Waals surface area (Å²) in [6.45, 7) is 8.47. The second-order valence-electron chi connectivity index (χ2n) is 26.8. The Kier molecular flexibility index (Phi) is 33.9. The van der Waals surface area contributed by atoms with Gasteiger partial charge in [-0.1, -0.05) is 193 Å². The molecular formula is C81H87Cl3N4O27Zn. The predicted molar refractivity (Wildman–Crippen MR) is 407 cm³/mol. The van der Waals surface area contributed by atoms with Crippen molar-refractivity contribution in [3.63, 3.8) is 0 Å². The standard InChI is InChI=1S/C41H43Cl3N2O14.C40H44N2O13.Zn/c1-22(57-38-34(46-40(52)56-21-41(42,43)44)36(59-25(4)49)35(58-24(3)48)32(60-38)20-53-23(2)47)33(37(50)54-18-26-12-6-5-7-13-26)45-39(51)55-19-31-29-16-10-8-14-27(29)28-15-9-11-17-30(28)31;1-22(52-39-35(41-23(2)43)37(54-26(5)46)36(53-25(4)45)33(55-39)21-49-24(3)44)34(38(47)50-19-27-13-7-6-8-14-27)42-40(48)51-20-32-30-17-11-9-15-28(30)29-16-10-12-18-31(29)32;/h5-17,22,31-36,38H,18-21H2,1-4H3,(H,45,51)(H,46,52);6-18,22,32-37,39H,19-21H2,1-5H3,(H,41,43)(H,42,48);/t22-,32?,33-,34?,35-,36-,38-;22-,33?,34+,35?,36-,37-,39-;/m11./s1. The molecular weight excluding hydrogens is 1630 g/mol. The topological polar surface area (TPSA) is 391 Å². The Morgan fingerprint density at radius 1 is 0.379 bits per heavy atom. The Morgan fingerprint density at radius 2 is 0.698 bits per heavy atom. The Morgan fingerprint density at radius 3 is 1.02 bits per heavy atom. The van der Waals surface area contributed by atoms with Crippen molar-refractivity contribution in [1.82, 2.24) is 21.3 Å². The minimum atomic E-state index is -2.02. The number of hydrogen-bond donors (Lipinski definition) is 4. The van der Waals surface area contributed by atoms with Crippen LogP contribution in [0.1, 0.15) is 108 Å². The molecule has 10 rings (SSSR count). The number of alkyl halides is 3. The summed E-state index contributed by atoms with van der Waals surface area (Å²) < 4.78 is 82.7. The Balaban J connectivity index is 0.000000288. The van der Waals surface area contributed by atoms with Gasteiger partial charge in [0.25, 0.3) is 0 Å². The molecule has 2 aliphatic carbocycles. The molecule has 0 radical (unpaired) electrons. The fourth-order valence-electron chi connectivity index (χ4n) is 13.4. The van der Waals surface area contributed by atoms with Crippen LogP contribution in [0.25, 0.3) is 22.3 Å². The van der Waals surface area contributed by atoms with E-state index in [-0.39, 0.29) is 57.7 Å². The van der Waals surface area contributed by atoms with E-state index in [9.17, 15) is 57.5 Å². The van der Waals surface area contributed by atoms with Gasteiger partial charge in [-0.15, -0.1) is 0 Å². The molecule has 4 unspecified atom stereocenters. The number of nitrogens with one attached hydrogen (secondary N) is 4. The Hall–Kier alpha value is -10.3. The van der Waals surface area contributed by atoms with Gasteiger partial charge in [0.1, 0.15) is 70.5 Å². The zero-order valence-electron chi connectivity index (χ0n) is 64.6. The van der Waals surface area contributed by atoms with Crippen molar-refractivity contribution >= 4 is 107 Å². The first kappa shape index (κ1) is 91.2. The van der Waals surface area contributed by atoms with Crippen molar-refractivity contribution in [2.24, 2.45) is 0 Å². The molecule has 2 fully saturated rings. The maximum atomic E-state index is 13.9. The minimum Gasteiger partial charge on any atom is -0.463 e. The van der Waals surface area contributed by atoms with E-state index in [1.807, 2.05) is 103 Å². The van der Waals surface area contributed by atoms with E-state index >= 15 is 0 Å². The second kappa shape index (κ2) is 43.1. The molecule has 0 spiro atoms. The third-order valence-corrected chi connectivity index (χ3v) is 18.6. The maximum Gasteiger partial charge on any atom is 0.407 e. The largest absolute Gasteiger partial charge is 0.463 e. The number of esters is 8. The van der Waals surface area contributed by atoms with E-state index in [1.54, 1.807) is 54.6 Å². The summed E-state index contributed by atoms with van der Waals surface area (Å²) in [6, 6.07) is 42.8. The summed E-state index contributed by atoms with van der Waals surface area (Å²) >= 11 is 17.3. The molecule has 4 N–H and O–H groups in total.